The number of rotatable bonds is 8. The standard InChI is InChI=1S/C40H42N2/c1-4-7-15-29-21-22-32-35(26-29)37-20-13-14-24-42(37)40(5-2,6-3)36(32)28-39-34-19-12-11-18-33(34)38-27-31(23-25-41(38)39)30-16-9-8-10-17-30/h8-14,16-27,36,39H,4-7,15,28H2,1-3H3/q+2. The van der Waals surface area contributed by atoms with Crippen molar-refractivity contribution >= 4 is 0 Å². The third-order valence-electron chi connectivity index (χ3n) is 10.3. The highest BCUT2D eigenvalue weighted by molar-refractivity contribution is 5.72. The third kappa shape index (κ3) is 4.23. The molecule has 4 heterocycles. The molecule has 0 fully saturated rings. The van der Waals surface area contributed by atoms with Crippen molar-refractivity contribution in [1.29, 1.82) is 0 Å². The summed E-state index contributed by atoms with van der Waals surface area (Å²) in [7, 11) is 0. The lowest BCUT2D eigenvalue weighted by molar-refractivity contribution is -0.765. The van der Waals surface area contributed by atoms with Crippen LogP contribution in [0.15, 0.2) is 116 Å². The van der Waals surface area contributed by atoms with E-state index in [1.54, 1.807) is 0 Å². The van der Waals surface area contributed by atoms with Crippen molar-refractivity contribution in [1.82, 2.24) is 0 Å². The van der Waals surface area contributed by atoms with Crippen molar-refractivity contribution in [3.05, 3.63) is 132 Å². The number of hydrogen-bond donors (Lipinski definition) is 0. The van der Waals surface area contributed by atoms with Crippen molar-refractivity contribution < 1.29 is 9.13 Å². The molecule has 0 aliphatic carbocycles. The second-order valence-electron chi connectivity index (χ2n) is 12.3. The van der Waals surface area contributed by atoms with Gasteiger partial charge in [-0.2, -0.15) is 9.13 Å². The first-order valence-corrected chi connectivity index (χ1v) is 16.0. The number of nitrogens with zero attached hydrogens (tertiary/aromatic N) is 2. The predicted octanol–water partition coefficient (Wildman–Crippen LogP) is 9.21. The molecule has 2 atom stereocenters. The smallest absolute Gasteiger partial charge is 0.192 e. The first-order valence-electron chi connectivity index (χ1n) is 16.0. The van der Waals surface area contributed by atoms with Gasteiger partial charge in [-0.25, -0.2) is 0 Å². The zero-order chi connectivity index (χ0) is 28.7. The average molecular weight is 551 g/mol. The van der Waals surface area contributed by atoms with Gasteiger partial charge >= 0.3 is 0 Å². The predicted molar refractivity (Wildman–Crippen MR) is 172 cm³/mol. The van der Waals surface area contributed by atoms with Crippen LogP contribution in [0.1, 0.15) is 81.5 Å². The van der Waals surface area contributed by atoms with Crippen molar-refractivity contribution in [2.75, 3.05) is 0 Å². The molecule has 0 saturated heterocycles. The molecule has 2 aromatic heterocycles. The van der Waals surface area contributed by atoms with E-state index >= 15 is 0 Å². The lowest BCUT2D eigenvalue weighted by Gasteiger charge is -2.40. The van der Waals surface area contributed by atoms with Gasteiger partial charge in [-0.05, 0) is 53.3 Å². The fourth-order valence-electron chi connectivity index (χ4n) is 8.05. The van der Waals surface area contributed by atoms with Gasteiger partial charge < -0.3 is 0 Å². The van der Waals surface area contributed by atoms with Crippen molar-refractivity contribution in [2.45, 2.75) is 76.8 Å². The molecule has 2 aliphatic rings. The molecular formula is C40H42N2+2. The van der Waals surface area contributed by atoms with Gasteiger partial charge in [0.25, 0.3) is 0 Å². The molecular weight excluding hydrogens is 508 g/mol. The van der Waals surface area contributed by atoms with Gasteiger partial charge in [0.15, 0.2) is 24.0 Å². The van der Waals surface area contributed by atoms with Crippen LogP contribution in [0.5, 0.6) is 0 Å². The first-order chi connectivity index (χ1) is 20.7. The minimum atomic E-state index is 0.0246. The summed E-state index contributed by atoms with van der Waals surface area (Å²) >= 11 is 0. The summed E-state index contributed by atoms with van der Waals surface area (Å²) in [6, 6.07) is 39.1. The van der Waals surface area contributed by atoms with Gasteiger partial charge in [-0.15, -0.1) is 0 Å². The number of pyridine rings is 2. The van der Waals surface area contributed by atoms with Crippen LogP contribution in [0.2, 0.25) is 0 Å². The highest BCUT2D eigenvalue weighted by Gasteiger charge is 2.53. The van der Waals surface area contributed by atoms with E-state index in [1.165, 1.54) is 63.2 Å². The summed E-state index contributed by atoms with van der Waals surface area (Å²) in [4.78, 5) is 0. The zero-order valence-electron chi connectivity index (χ0n) is 25.3. The van der Waals surface area contributed by atoms with Gasteiger partial charge in [0, 0.05) is 49.1 Å². The molecule has 42 heavy (non-hydrogen) atoms. The molecule has 0 amide bonds. The molecule has 0 spiro atoms. The largest absolute Gasteiger partial charge is 0.214 e. The van der Waals surface area contributed by atoms with Crippen molar-refractivity contribution in [3.8, 4) is 33.6 Å². The lowest BCUT2D eigenvalue weighted by Crippen LogP contribution is -2.62. The Labute approximate surface area is 251 Å². The van der Waals surface area contributed by atoms with Crippen molar-refractivity contribution in [3.63, 3.8) is 0 Å². The maximum atomic E-state index is 2.65. The van der Waals surface area contributed by atoms with Gasteiger partial charge in [0.05, 0.1) is 17.0 Å². The Balaban J connectivity index is 1.37. The van der Waals surface area contributed by atoms with Crippen molar-refractivity contribution in [2.24, 2.45) is 0 Å². The molecule has 0 saturated carbocycles. The van der Waals surface area contributed by atoms with E-state index in [9.17, 15) is 0 Å². The van der Waals surface area contributed by atoms with E-state index in [0.717, 1.165) is 25.7 Å². The van der Waals surface area contributed by atoms with Crippen LogP contribution in [0.3, 0.4) is 0 Å². The fraction of sp³-hybridized carbons (Fsp3) is 0.300. The highest BCUT2D eigenvalue weighted by Crippen LogP contribution is 2.50. The van der Waals surface area contributed by atoms with Gasteiger partial charge in [0.1, 0.15) is 0 Å². The quantitative estimate of drug-likeness (QED) is 0.170. The molecule has 7 rings (SSSR count). The van der Waals surface area contributed by atoms with Crippen LogP contribution in [-0.2, 0) is 12.0 Å². The summed E-state index contributed by atoms with van der Waals surface area (Å²) in [5.74, 6) is 0.396. The normalized spacial score (nSPS) is 17.7. The van der Waals surface area contributed by atoms with Crippen LogP contribution in [0.25, 0.3) is 33.6 Å². The van der Waals surface area contributed by atoms with E-state index in [-0.39, 0.29) is 5.54 Å². The second-order valence-corrected chi connectivity index (χ2v) is 12.3. The number of aromatic nitrogens is 2. The molecule has 3 aromatic carbocycles. The summed E-state index contributed by atoms with van der Waals surface area (Å²) in [6.45, 7) is 7.08. The molecule has 2 nitrogen and oxygen atoms in total. The SMILES string of the molecule is CCCCc1ccc2c(c1)-c1cccc[n+]1C(CC)(CC)C2CC1c2ccccc2-c2cc(-c3ccccc3)cc[n+]21. The van der Waals surface area contributed by atoms with Crippen LogP contribution in [0, 0.1) is 0 Å². The molecule has 2 aliphatic heterocycles. The topological polar surface area (TPSA) is 7.76 Å². The van der Waals surface area contributed by atoms with Crippen LogP contribution in [-0.4, -0.2) is 0 Å². The number of fused-ring (bicyclic) bond motifs is 6. The molecule has 5 aromatic rings. The van der Waals surface area contributed by atoms with Gasteiger partial charge in [0.2, 0.25) is 11.4 Å². The molecule has 2 heteroatoms. The molecule has 0 bridgehead atoms. The van der Waals surface area contributed by atoms with E-state index in [2.05, 4.69) is 145 Å². The van der Waals surface area contributed by atoms with E-state index in [0.29, 0.717) is 12.0 Å². The zero-order valence-corrected chi connectivity index (χ0v) is 25.3. The average Bonchev–Trinajstić information content (AvgIpc) is 3.37. The summed E-state index contributed by atoms with van der Waals surface area (Å²) in [5.41, 5.74) is 12.5. The van der Waals surface area contributed by atoms with Crippen LogP contribution < -0.4 is 9.13 Å². The Morgan fingerprint density at radius 1 is 0.643 bits per heavy atom. The minimum absolute atomic E-state index is 0.0246. The monoisotopic (exact) mass is 550 g/mol. The molecule has 0 radical (unpaired) electrons. The van der Waals surface area contributed by atoms with E-state index in [4.69, 9.17) is 0 Å². The Morgan fingerprint density at radius 3 is 2.24 bits per heavy atom. The Kier molecular flexibility index (Phi) is 7.02. The van der Waals surface area contributed by atoms with E-state index < -0.39 is 0 Å². The summed E-state index contributed by atoms with van der Waals surface area (Å²) in [6.07, 6.45) is 11.6. The van der Waals surface area contributed by atoms with Gasteiger partial charge in [-0.1, -0.05) is 87.9 Å². The number of unbranched alkanes of at least 4 members (excludes halogenated alkanes) is 1. The first kappa shape index (κ1) is 26.8. The number of aryl methyl sites for hydroxylation is 1. The number of hydrogen-bond acceptors (Lipinski definition) is 0. The maximum Gasteiger partial charge on any atom is 0.214 e. The Morgan fingerprint density at radius 2 is 1.43 bits per heavy atom. The molecule has 210 valence electrons. The summed E-state index contributed by atoms with van der Waals surface area (Å²) < 4.78 is 5.21. The fourth-order valence-corrected chi connectivity index (χ4v) is 8.05. The van der Waals surface area contributed by atoms with Crippen LogP contribution >= 0.6 is 0 Å². The summed E-state index contributed by atoms with van der Waals surface area (Å²) in [5, 5.41) is 0. The molecule has 2 unspecified atom stereocenters. The second kappa shape index (κ2) is 11.0. The third-order valence-corrected chi connectivity index (χ3v) is 10.3. The van der Waals surface area contributed by atoms with Crippen LogP contribution in [0.4, 0.5) is 0 Å². The number of benzene rings is 3. The minimum Gasteiger partial charge on any atom is -0.192 e. The Hall–Kier alpha value is -4.04. The lowest BCUT2D eigenvalue weighted by atomic mass is 9.67. The van der Waals surface area contributed by atoms with Gasteiger partial charge in [-0.3, -0.25) is 0 Å². The maximum absolute atomic E-state index is 2.65. The molecule has 0 N–H and O–H groups in total. The van der Waals surface area contributed by atoms with E-state index in [1.807, 2.05) is 0 Å². The Bertz CT molecular complexity index is 1730. The highest BCUT2D eigenvalue weighted by atomic mass is 15.1.